The fourth-order valence-corrected chi connectivity index (χ4v) is 3.33. The monoisotopic (exact) mass is 337 g/mol. The molecule has 1 aromatic carbocycles. The number of rotatable bonds is 3. The maximum Gasteiger partial charge on any atom is 0.316 e. The maximum absolute atomic E-state index is 12.6. The maximum atomic E-state index is 12.6. The molecule has 0 aliphatic carbocycles. The zero-order valence-electron chi connectivity index (χ0n) is 14.7. The average molecular weight is 337 g/mol. The van der Waals surface area contributed by atoms with Crippen LogP contribution >= 0.6 is 0 Å². The lowest BCUT2D eigenvalue weighted by Gasteiger charge is -2.30. The molecule has 0 spiro atoms. The number of hydrogen-bond donors (Lipinski definition) is 1. The van der Waals surface area contributed by atoms with Gasteiger partial charge in [-0.25, -0.2) is 0 Å². The Hall–Kier alpha value is -2.69. The lowest BCUT2D eigenvalue weighted by molar-refractivity contribution is -0.137. The Labute approximate surface area is 148 Å². The molecule has 0 bridgehead atoms. The molecule has 1 aliphatic heterocycles. The zero-order valence-corrected chi connectivity index (χ0v) is 14.7. The van der Waals surface area contributed by atoms with Crippen LogP contribution in [0.4, 0.5) is 5.69 Å². The molecule has 25 heavy (non-hydrogen) atoms. The SMILES string of the molecule is Cc1cc(C)c2c(c1)N(C(=O)C(=O)NCCc1ccccn1)CCC2. The molecule has 5 heteroatoms. The van der Waals surface area contributed by atoms with Crippen molar-refractivity contribution in [1.29, 1.82) is 0 Å². The number of benzene rings is 1. The largest absolute Gasteiger partial charge is 0.347 e. The standard InChI is InChI=1S/C20H23N3O2/c1-14-12-15(2)17-7-5-11-23(18(17)13-14)20(25)19(24)22-10-8-16-6-3-4-9-21-16/h3-4,6,9,12-13H,5,7-8,10-11H2,1-2H3,(H,22,24). The summed E-state index contributed by atoms with van der Waals surface area (Å²) in [5, 5.41) is 2.72. The minimum atomic E-state index is -0.553. The van der Waals surface area contributed by atoms with Gasteiger partial charge in [-0.2, -0.15) is 0 Å². The number of hydrogen-bond acceptors (Lipinski definition) is 3. The number of fused-ring (bicyclic) bond motifs is 1. The van der Waals surface area contributed by atoms with E-state index in [1.54, 1.807) is 11.1 Å². The third kappa shape index (κ3) is 3.87. The molecule has 0 saturated heterocycles. The molecule has 3 rings (SSSR count). The van der Waals surface area contributed by atoms with Crippen LogP contribution in [0.2, 0.25) is 0 Å². The first kappa shape index (κ1) is 17.1. The molecule has 0 saturated carbocycles. The van der Waals surface area contributed by atoms with Gasteiger partial charge in [-0.1, -0.05) is 12.1 Å². The predicted molar refractivity (Wildman–Crippen MR) is 97.5 cm³/mol. The van der Waals surface area contributed by atoms with Crippen molar-refractivity contribution in [2.75, 3.05) is 18.0 Å². The Balaban J connectivity index is 1.66. The summed E-state index contributed by atoms with van der Waals surface area (Å²) in [6.45, 7) is 5.06. The number of nitrogens with one attached hydrogen (secondary N) is 1. The van der Waals surface area contributed by atoms with E-state index in [-0.39, 0.29) is 0 Å². The van der Waals surface area contributed by atoms with Crippen LogP contribution in [-0.2, 0) is 22.4 Å². The molecule has 2 amide bonds. The van der Waals surface area contributed by atoms with Gasteiger partial charge in [0.05, 0.1) is 0 Å². The second-order valence-electron chi connectivity index (χ2n) is 6.47. The second kappa shape index (κ2) is 7.47. The highest BCUT2D eigenvalue weighted by molar-refractivity contribution is 6.40. The molecule has 0 atom stereocenters. The third-order valence-electron chi connectivity index (χ3n) is 4.53. The molecule has 0 unspecified atom stereocenters. The van der Waals surface area contributed by atoms with Crippen molar-refractivity contribution in [3.8, 4) is 0 Å². The van der Waals surface area contributed by atoms with Gasteiger partial charge in [-0.15, -0.1) is 0 Å². The van der Waals surface area contributed by atoms with E-state index in [0.29, 0.717) is 19.5 Å². The molecule has 1 N–H and O–H groups in total. The molecular weight excluding hydrogens is 314 g/mol. The summed E-state index contributed by atoms with van der Waals surface area (Å²) in [7, 11) is 0. The van der Waals surface area contributed by atoms with E-state index >= 15 is 0 Å². The summed E-state index contributed by atoms with van der Waals surface area (Å²) in [4.78, 5) is 30.7. The number of anilines is 1. The van der Waals surface area contributed by atoms with Crippen LogP contribution in [0.3, 0.4) is 0 Å². The van der Waals surface area contributed by atoms with Crippen LogP contribution in [0.25, 0.3) is 0 Å². The zero-order chi connectivity index (χ0) is 17.8. The van der Waals surface area contributed by atoms with Gasteiger partial charge in [0.1, 0.15) is 0 Å². The number of carbonyl (C=O) groups excluding carboxylic acids is 2. The summed E-state index contributed by atoms with van der Waals surface area (Å²) in [5.74, 6) is -1.03. The van der Waals surface area contributed by atoms with Gasteiger partial charge in [-0.05, 0) is 61.6 Å². The third-order valence-corrected chi connectivity index (χ3v) is 4.53. The first-order valence-corrected chi connectivity index (χ1v) is 8.66. The lowest BCUT2D eigenvalue weighted by Crippen LogP contribution is -2.45. The van der Waals surface area contributed by atoms with Crippen LogP contribution in [0, 0.1) is 13.8 Å². The van der Waals surface area contributed by atoms with Crippen molar-refractivity contribution in [3.05, 3.63) is 58.9 Å². The highest BCUT2D eigenvalue weighted by atomic mass is 16.2. The van der Waals surface area contributed by atoms with Crippen molar-refractivity contribution >= 4 is 17.5 Å². The summed E-state index contributed by atoms with van der Waals surface area (Å²) in [6.07, 6.45) is 4.16. The number of aryl methyl sites for hydroxylation is 2. The van der Waals surface area contributed by atoms with Gasteiger partial charge in [0.25, 0.3) is 0 Å². The van der Waals surface area contributed by atoms with Crippen molar-refractivity contribution in [3.63, 3.8) is 0 Å². The predicted octanol–water partition coefficient (Wildman–Crippen LogP) is 2.34. The molecule has 1 aromatic heterocycles. The lowest BCUT2D eigenvalue weighted by atomic mass is 9.95. The number of amides is 2. The van der Waals surface area contributed by atoms with Crippen LogP contribution in [0.15, 0.2) is 36.5 Å². The van der Waals surface area contributed by atoms with E-state index in [1.165, 1.54) is 11.1 Å². The smallest absolute Gasteiger partial charge is 0.316 e. The number of carbonyl (C=O) groups is 2. The van der Waals surface area contributed by atoms with E-state index in [9.17, 15) is 9.59 Å². The van der Waals surface area contributed by atoms with E-state index in [4.69, 9.17) is 0 Å². The van der Waals surface area contributed by atoms with Crippen LogP contribution in [0.1, 0.15) is 28.8 Å². The van der Waals surface area contributed by atoms with Crippen molar-refractivity contribution in [2.45, 2.75) is 33.1 Å². The molecule has 130 valence electrons. The van der Waals surface area contributed by atoms with E-state index < -0.39 is 11.8 Å². The fourth-order valence-electron chi connectivity index (χ4n) is 3.33. The Bertz CT molecular complexity index is 787. The molecule has 2 aromatic rings. The Kier molecular flexibility index (Phi) is 5.12. The highest BCUT2D eigenvalue weighted by Crippen LogP contribution is 2.31. The van der Waals surface area contributed by atoms with Crippen LogP contribution < -0.4 is 10.2 Å². The first-order valence-electron chi connectivity index (χ1n) is 8.66. The summed E-state index contributed by atoms with van der Waals surface area (Å²) >= 11 is 0. The van der Waals surface area contributed by atoms with Gasteiger partial charge < -0.3 is 10.2 Å². The van der Waals surface area contributed by atoms with Gasteiger partial charge in [0.15, 0.2) is 0 Å². The quantitative estimate of drug-likeness (QED) is 0.875. The molecular formula is C20H23N3O2. The average Bonchev–Trinajstić information content (AvgIpc) is 2.61. The van der Waals surface area contributed by atoms with Crippen molar-refractivity contribution < 1.29 is 9.59 Å². The van der Waals surface area contributed by atoms with E-state index in [1.807, 2.05) is 31.2 Å². The van der Waals surface area contributed by atoms with Crippen LogP contribution in [-0.4, -0.2) is 29.9 Å². The van der Waals surface area contributed by atoms with E-state index in [0.717, 1.165) is 29.8 Å². The number of nitrogens with zero attached hydrogens (tertiary/aromatic N) is 2. The van der Waals surface area contributed by atoms with Gasteiger partial charge in [0, 0.05) is 37.1 Å². The normalized spacial score (nSPS) is 13.3. The Morgan fingerprint density at radius 2 is 2.08 bits per heavy atom. The molecule has 5 nitrogen and oxygen atoms in total. The fraction of sp³-hybridized carbons (Fsp3) is 0.350. The summed E-state index contributed by atoms with van der Waals surface area (Å²) in [5.41, 5.74) is 5.24. The Morgan fingerprint density at radius 3 is 2.84 bits per heavy atom. The molecule has 2 heterocycles. The topological polar surface area (TPSA) is 62.3 Å². The van der Waals surface area contributed by atoms with E-state index in [2.05, 4.69) is 23.3 Å². The molecule has 0 fully saturated rings. The minimum absolute atomic E-state index is 0.398. The second-order valence-corrected chi connectivity index (χ2v) is 6.47. The summed E-state index contributed by atoms with van der Waals surface area (Å²) < 4.78 is 0. The number of aromatic nitrogens is 1. The Morgan fingerprint density at radius 1 is 1.24 bits per heavy atom. The molecule has 1 aliphatic rings. The number of pyridine rings is 1. The first-order chi connectivity index (χ1) is 12.1. The van der Waals surface area contributed by atoms with Crippen LogP contribution in [0.5, 0.6) is 0 Å². The highest BCUT2D eigenvalue weighted by Gasteiger charge is 2.28. The van der Waals surface area contributed by atoms with Crippen molar-refractivity contribution in [1.82, 2.24) is 10.3 Å². The summed E-state index contributed by atoms with van der Waals surface area (Å²) in [6, 6.07) is 9.79. The minimum Gasteiger partial charge on any atom is -0.347 e. The van der Waals surface area contributed by atoms with Gasteiger partial charge in [0.2, 0.25) is 0 Å². The van der Waals surface area contributed by atoms with Gasteiger partial charge in [-0.3, -0.25) is 14.6 Å². The molecule has 0 radical (unpaired) electrons. The van der Waals surface area contributed by atoms with Crippen molar-refractivity contribution in [2.24, 2.45) is 0 Å². The van der Waals surface area contributed by atoms with Gasteiger partial charge >= 0.3 is 11.8 Å².